The lowest BCUT2D eigenvalue weighted by atomic mass is 9.93. The van der Waals surface area contributed by atoms with Crippen LogP contribution in [0.2, 0.25) is 0 Å². The van der Waals surface area contributed by atoms with E-state index in [0.717, 1.165) is 32.2 Å². The molecule has 0 aromatic carbocycles. The third kappa shape index (κ3) is 2.21. The van der Waals surface area contributed by atoms with Crippen LogP contribution in [0.15, 0.2) is 0 Å². The molecule has 0 saturated carbocycles. The number of amides is 1. The number of nitrogens with zero attached hydrogens (tertiary/aromatic N) is 1. The standard InChI is InChI=1S/C9H18N2O/c1-11-7-3-5-8(9(11)12)4-2-6-10/h8H,2-7,10H2,1H3. The Balaban J connectivity index is 2.36. The molecule has 0 radical (unpaired) electrons. The zero-order valence-corrected chi connectivity index (χ0v) is 7.75. The molecule has 1 aliphatic heterocycles. The predicted octanol–water partition coefficient (Wildman–Crippen LogP) is 0.594. The van der Waals surface area contributed by atoms with E-state index >= 15 is 0 Å². The topological polar surface area (TPSA) is 46.3 Å². The maximum Gasteiger partial charge on any atom is 0.225 e. The second-order valence-corrected chi connectivity index (χ2v) is 3.53. The molecule has 1 aliphatic rings. The molecule has 1 heterocycles. The average Bonchev–Trinajstić information content (AvgIpc) is 2.08. The van der Waals surface area contributed by atoms with Crippen LogP contribution >= 0.6 is 0 Å². The van der Waals surface area contributed by atoms with Gasteiger partial charge in [0.1, 0.15) is 0 Å². The first kappa shape index (κ1) is 9.52. The number of piperidine rings is 1. The Morgan fingerprint density at radius 1 is 1.67 bits per heavy atom. The zero-order chi connectivity index (χ0) is 8.97. The van der Waals surface area contributed by atoms with E-state index in [1.165, 1.54) is 0 Å². The molecule has 1 rings (SSSR count). The molecule has 0 aliphatic carbocycles. The summed E-state index contributed by atoms with van der Waals surface area (Å²) < 4.78 is 0. The Bertz CT molecular complexity index is 159. The summed E-state index contributed by atoms with van der Waals surface area (Å²) in [7, 11) is 1.89. The third-order valence-electron chi connectivity index (χ3n) is 2.53. The van der Waals surface area contributed by atoms with Gasteiger partial charge in [-0.05, 0) is 32.2 Å². The van der Waals surface area contributed by atoms with Crippen molar-refractivity contribution in [3.8, 4) is 0 Å². The number of hydrogen-bond donors (Lipinski definition) is 1. The zero-order valence-electron chi connectivity index (χ0n) is 7.75. The van der Waals surface area contributed by atoms with Gasteiger partial charge in [0.05, 0.1) is 0 Å². The summed E-state index contributed by atoms with van der Waals surface area (Å²) in [5.41, 5.74) is 5.40. The summed E-state index contributed by atoms with van der Waals surface area (Å²) >= 11 is 0. The molecule has 1 amide bonds. The van der Waals surface area contributed by atoms with Crippen LogP contribution in [0.5, 0.6) is 0 Å². The normalized spacial score (nSPS) is 24.7. The van der Waals surface area contributed by atoms with Gasteiger partial charge in [0.25, 0.3) is 0 Å². The predicted molar refractivity (Wildman–Crippen MR) is 48.6 cm³/mol. The van der Waals surface area contributed by atoms with Crippen molar-refractivity contribution in [2.24, 2.45) is 11.7 Å². The number of carbonyl (C=O) groups is 1. The molecule has 1 unspecified atom stereocenters. The number of nitrogens with two attached hydrogens (primary N) is 1. The van der Waals surface area contributed by atoms with Crippen molar-refractivity contribution in [1.82, 2.24) is 4.90 Å². The van der Waals surface area contributed by atoms with Crippen molar-refractivity contribution in [2.75, 3.05) is 20.1 Å². The second kappa shape index (κ2) is 4.45. The number of carbonyl (C=O) groups excluding carboxylic acids is 1. The highest BCUT2D eigenvalue weighted by molar-refractivity contribution is 5.79. The molecule has 0 spiro atoms. The van der Waals surface area contributed by atoms with Crippen molar-refractivity contribution in [1.29, 1.82) is 0 Å². The minimum atomic E-state index is 0.257. The molecule has 2 N–H and O–H groups in total. The Hall–Kier alpha value is -0.570. The van der Waals surface area contributed by atoms with Crippen molar-refractivity contribution >= 4 is 5.91 Å². The lowest BCUT2D eigenvalue weighted by molar-refractivity contribution is -0.137. The van der Waals surface area contributed by atoms with E-state index in [1.807, 2.05) is 11.9 Å². The lowest BCUT2D eigenvalue weighted by Gasteiger charge is -2.29. The van der Waals surface area contributed by atoms with Gasteiger partial charge in [-0.1, -0.05) is 0 Å². The molecular weight excluding hydrogens is 152 g/mol. The monoisotopic (exact) mass is 170 g/mol. The van der Waals surface area contributed by atoms with E-state index in [0.29, 0.717) is 12.5 Å². The highest BCUT2D eigenvalue weighted by atomic mass is 16.2. The number of likely N-dealkylation sites (tertiary alicyclic amines) is 1. The van der Waals surface area contributed by atoms with E-state index in [9.17, 15) is 4.79 Å². The van der Waals surface area contributed by atoms with E-state index in [-0.39, 0.29) is 5.92 Å². The quantitative estimate of drug-likeness (QED) is 0.674. The van der Waals surface area contributed by atoms with Crippen LogP contribution in [-0.4, -0.2) is 30.9 Å². The van der Waals surface area contributed by atoms with E-state index in [1.54, 1.807) is 0 Å². The first-order chi connectivity index (χ1) is 5.75. The van der Waals surface area contributed by atoms with Gasteiger partial charge in [0.15, 0.2) is 0 Å². The van der Waals surface area contributed by atoms with Crippen molar-refractivity contribution in [3.05, 3.63) is 0 Å². The molecule has 0 bridgehead atoms. The first-order valence-corrected chi connectivity index (χ1v) is 4.70. The largest absolute Gasteiger partial charge is 0.346 e. The van der Waals surface area contributed by atoms with E-state index in [4.69, 9.17) is 5.73 Å². The number of rotatable bonds is 3. The first-order valence-electron chi connectivity index (χ1n) is 4.70. The van der Waals surface area contributed by atoms with Crippen molar-refractivity contribution in [3.63, 3.8) is 0 Å². The molecule has 3 nitrogen and oxygen atoms in total. The van der Waals surface area contributed by atoms with E-state index < -0.39 is 0 Å². The van der Waals surface area contributed by atoms with Gasteiger partial charge in [-0.15, -0.1) is 0 Å². The second-order valence-electron chi connectivity index (χ2n) is 3.53. The average molecular weight is 170 g/mol. The summed E-state index contributed by atoms with van der Waals surface area (Å²) in [6.45, 7) is 1.63. The van der Waals surface area contributed by atoms with Crippen LogP contribution in [0.3, 0.4) is 0 Å². The molecular formula is C9H18N2O. The van der Waals surface area contributed by atoms with Crippen molar-refractivity contribution in [2.45, 2.75) is 25.7 Å². The molecule has 70 valence electrons. The molecule has 0 aromatic heterocycles. The molecule has 1 fully saturated rings. The maximum absolute atomic E-state index is 11.5. The van der Waals surface area contributed by atoms with Crippen molar-refractivity contribution < 1.29 is 4.79 Å². The smallest absolute Gasteiger partial charge is 0.225 e. The Morgan fingerprint density at radius 2 is 2.42 bits per heavy atom. The molecule has 1 saturated heterocycles. The molecule has 1 atom stereocenters. The van der Waals surface area contributed by atoms with Crippen LogP contribution in [0.1, 0.15) is 25.7 Å². The van der Waals surface area contributed by atoms with Gasteiger partial charge < -0.3 is 10.6 Å². The Morgan fingerprint density at radius 3 is 3.08 bits per heavy atom. The summed E-state index contributed by atoms with van der Waals surface area (Å²) in [5.74, 6) is 0.571. The Kier molecular flexibility index (Phi) is 3.53. The summed E-state index contributed by atoms with van der Waals surface area (Å²) in [6.07, 6.45) is 4.16. The molecule has 12 heavy (non-hydrogen) atoms. The fourth-order valence-electron chi connectivity index (χ4n) is 1.75. The fraction of sp³-hybridized carbons (Fsp3) is 0.889. The number of hydrogen-bond acceptors (Lipinski definition) is 2. The Labute approximate surface area is 73.9 Å². The minimum Gasteiger partial charge on any atom is -0.346 e. The molecule has 0 aromatic rings. The van der Waals surface area contributed by atoms with Crippen LogP contribution in [-0.2, 0) is 4.79 Å². The van der Waals surface area contributed by atoms with Gasteiger partial charge >= 0.3 is 0 Å². The molecule has 3 heteroatoms. The van der Waals surface area contributed by atoms with Gasteiger partial charge in [-0.2, -0.15) is 0 Å². The van der Waals surface area contributed by atoms with Crippen LogP contribution in [0, 0.1) is 5.92 Å². The SMILES string of the molecule is CN1CCCC(CCCN)C1=O. The highest BCUT2D eigenvalue weighted by Crippen LogP contribution is 2.20. The van der Waals surface area contributed by atoms with Gasteiger partial charge in [-0.3, -0.25) is 4.79 Å². The van der Waals surface area contributed by atoms with E-state index in [2.05, 4.69) is 0 Å². The minimum absolute atomic E-state index is 0.257. The summed E-state index contributed by atoms with van der Waals surface area (Å²) in [4.78, 5) is 13.4. The highest BCUT2D eigenvalue weighted by Gasteiger charge is 2.25. The summed E-state index contributed by atoms with van der Waals surface area (Å²) in [6, 6.07) is 0. The van der Waals surface area contributed by atoms with Crippen LogP contribution in [0.25, 0.3) is 0 Å². The maximum atomic E-state index is 11.5. The van der Waals surface area contributed by atoms with Crippen LogP contribution in [0.4, 0.5) is 0 Å². The lowest BCUT2D eigenvalue weighted by Crippen LogP contribution is -2.38. The fourth-order valence-corrected chi connectivity index (χ4v) is 1.75. The van der Waals surface area contributed by atoms with Gasteiger partial charge in [0.2, 0.25) is 5.91 Å². The van der Waals surface area contributed by atoms with Crippen LogP contribution < -0.4 is 5.73 Å². The third-order valence-corrected chi connectivity index (χ3v) is 2.53. The van der Waals surface area contributed by atoms with Gasteiger partial charge in [-0.25, -0.2) is 0 Å². The summed E-state index contributed by atoms with van der Waals surface area (Å²) in [5, 5.41) is 0. The van der Waals surface area contributed by atoms with Gasteiger partial charge in [0, 0.05) is 19.5 Å².